The molecule has 0 spiro atoms. The number of aliphatic hydroxyl groups is 1. The maximum atomic E-state index is 11.5. The van der Waals surface area contributed by atoms with Gasteiger partial charge in [0.05, 0.1) is 23.9 Å². The summed E-state index contributed by atoms with van der Waals surface area (Å²) in [5, 5.41) is 9.28. The number of hydrogen-bond donors (Lipinski definition) is 2. The van der Waals surface area contributed by atoms with E-state index in [0.29, 0.717) is 0 Å². The van der Waals surface area contributed by atoms with Crippen LogP contribution in [0.2, 0.25) is 0 Å². The van der Waals surface area contributed by atoms with Gasteiger partial charge in [0.1, 0.15) is 5.76 Å². The number of nitrogens with zero attached hydrogens (tertiary/aromatic N) is 2. The summed E-state index contributed by atoms with van der Waals surface area (Å²) in [4.78, 5) is 20.1. The minimum absolute atomic E-state index is 0.0923. The van der Waals surface area contributed by atoms with Gasteiger partial charge in [0.15, 0.2) is 0 Å². The monoisotopic (exact) mass is 215 g/mol. The Hall–Kier alpha value is -2.30. The van der Waals surface area contributed by atoms with Gasteiger partial charge in [-0.05, 0) is 18.2 Å². The Kier molecular flexibility index (Phi) is 1.73. The number of hydrogen-bond acceptors (Lipinski definition) is 3. The van der Waals surface area contributed by atoms with Crippen LogP contribution in [0.3, 0.4) is 0 Å². The second kappa shape index (κ2) is 3.10. The predicted molar refractivity (Wildman–Crippen MR) is 59.2 cm³/mol. The summed E-state index contributed by atoms with van der Waals surface area (Å²) >= 11 is 0. The molecule has 0 atom stereocenters. The van der Waals surface area contributed by atoms with E-state index in [1.54, 1.807) is 6.33 Å². The van der Waals surface area contributed by atoms with E-state index in [1.165, 1.54) is 11.0 Å². The van der Waals surface area contributed by atoms with Crippen LogP contribution in [0.1, 0.15) is 0 Å². The number of anilines is 1. The summed E-state index contributed by atoms with van der Waals surface area (Å²) in [6.45, 7) is 0.235. The van der Waals surface area contributed by atoms with Gasteiger partial charge in [-0.1, -0.05) is 0 Å². The third-order valence-corrected chi connectivity index (χ3v) is 2.59. The molecule has 2 N–H and O–H groups in total. The normalized spacial score (nSPS) is 15.9. The summed E-state index contributed by atoms with van der Waals surface area (Å²) in [6, 6.07) is 5.49. The number of nitrogens with one attached hydrogen (secondary N) is 1. The third-order valence-electron chi connectivity index (χ3n) is 2.59. The summed E-state index contributed by atoms with van der Waals surface area (Å²) in [7, 11) is 0. The van der Waals surface area contributed by atoms with Crippen molar-refractivity contribution in [1.82, 2.24) is 9.97 Å². The van der Waals surface area contributed by atoms with Gasteiger partial charge in [0.25, 0.3) is 5.91 Å². The number of imidazole rings is 1. The number of carbonyl (C=O) groups excluding carboxylic acids is 1. The molecule has 2 aromatic rings. The minimum Gasteiger partial charge on any atom is -0.510 e. The highest BCUT2D eigenvalue weighted by molar-refractivity contribution is 6.05. The van der Waals surface area contributed by atoms with Crippen molar-refractivity contribution in [2.24, 2.45) is 0 Å². The lowest BCUT2D eigenvalue weighted by Gasteiger charge is -2.15. The molecule has 1 amide bonds. The minimum atomic E-state index is -0.198. The molecule has 0 radical (unpaired) electrons. The van der Waals surface area contributed by atoms with Crippen molar-refractivity contribution in [2.45, 2.75) is 0 Å². The number of benzene rings is 1. The maximum absolute atomic E-state index is 11.5. The van der Waals surface area contributed by atoms with Crippen LogP contribution >= 0.6 is 0 Å². The lowest BCUT2D eigenvalue weighted by Crippen LogP contribution is -2.25. The van der Waals surface area contributed by atoms with Crippen molar-refractivity contribution in [3.63, 3.8) is 0 Å². The third kappa shape index (κ3) is 1.25. The maximum Gasteiger partial charge on any atom is 0.254 e. The van der Waals surface area contributed by atoms with Gasteiger partial charge in [0, 0.05) is 11.8 Å². The lowest BCUT2D eigenvalue weighted by atomic mass is 10.2. The van der Waals surface area contributed by atoms with Gasteiger partial charge in [-0.15, -0.1) is 0 Å². The zero-order valence-electron chi connectivity index (χ0n) is 8.34. The fourth-order valence-electron chi connectivity index (χ4n) is 1.82. The second-order valence-corrected chi connectivity index (χ2v) is 3.66. The summed E-state index contributed by atoms with van der Waals surface area (Å²) in [5.41, 5.74) is 2.48. The molecule has 3 rings (SSSR count). The van der Waals surface area contributed by atoms with E-state index in [2.05, 4.69) is 9.97 Å². The first kappa shape index (κ1) is 8.96. The number of carbonyl (C=O) groups is 1. The Morgan fingerprint density at radius 3 is 3.06 bits per heavy atom. The van der Waals surface area contributed by atoms with Crippen molar-refractivity contribution in [3.8, 4) is 0 Å². The lowest BCUT2D eigenvalue weighted by molar-refractivity contribution is -0.113. The first-order valence-electron chi connectivity index (χ1n) is 4.88. The molecule has 16 heavy (non-hydrogen) atoms. The Balaban J connectivity index is 2.03. The van der Waals surface area contributed by atoms with Crippen molar-refractivity contribution < 1.29 is 9.90 Å². The number of aliphatic hydroxyl groups excluding tert-OH is 1. The molecule has 0 aliphatic carbocycles. The van der Waals surface area contributed by atoms with Crippen LogP contribution in [0.15, 0.2) is 36.4 Å². The molecule has 0 saturated carbocycles. The van der Waals surface area contributed by atoms with Crippen LogP contribution in [0, 0.1) is 0 Å². The average molecular weight is 215 g/mol. The highest BCUT2D eigenvalue weighted by Crippen LogP contribution is 2.23. The van der Waals surface area contributed by atoms with Gasteiger partial charge < -0.3 is 15.0 Å². The van der Waals surface area contributed by atoms with Crippen LogP contribution in [-0.4, -0.2) is 27.5 Å². The van der Waals surface area contributed by atoms with Gasteiger partial charge >= 0.3 is 0 Å². The molecule has 0 unspecified atom stereocenters. The van der Waals surface area contributed by atoms with E-state index < -0.39 is 0 Å². The number of amides is 1. The molecule has 5 nitrogen and oxygen atoms in total. The number of H-pyrrole nitrogens is 1. The molecule has 0 bridgehead atoms. The molecule has 0 saturated heterocycles. The molecule has 80 valence electrons. The number of rotatable bonds is 1. The van der Waals surface area contributed by atoms with E-state index in [4.69, 9.17) is 0 Å². The zero-order chi connectivity index (χ0) is 11.1. The molecule has 1 aliphatic rings. The Morgan fingerprint density at radius 2 is 2.31 bits per heavy atom. The van der Waals surface area contributed by atoms with Gasteiger partial charge in [0.2, 0.25) is 0 Å². The van der Waals surface area contributed by atoms with Crippen LogP contribution in [0.5, 0.6) is 0 Å². The fourth-order valence-corrected chi connectivity index (χ4v) is 1.82. The highest BCUT2D eigenvalue weighted by Gasteiger charge is 2.22. The SMILES string of the molecule is O=C1C=C(O)CN1c1ccc2nc[nH]c2c1. The Morgan fingerprint density at radius 1 is 1.44 bits per heavy atom. The van der Waals surface area contributed by atoms with Crippen molar-refractivity contribution in [2.75, 3.05) is 11.4 Å². The van der Waals surface area contributed by atoms with Crippen molar-refractivity contribution in [1.29, 1.82) is 0 Å². The largest absolute Gasteiger partial charge is 0.510 e. The molecular formula is C11H9N3O2. The Bertz CT molecular complexity index is 600. The van der Waals surface area contributed by atoms with E-state index in [0.717, 1.165) is 16.7 Å². The van der Waals surface area contributed by atoms with E-state index in [1.807, 2.05) is 18.2 Å². The second-order valence-electron chi connectivity index (χ2n) is 3.66. The van der Waals surface area contributed by atoms with E-state index >= 15 is 0 Å². The number of aromatic amines is 1. The van der Waals surface area contributed by atoms with Gasteiger partial charge in [-0.25, -0.2) is 4.98 Å². The van der Waals surface area contributed by atoms with Crippen LogP contribution in [-0.2, 0) is 4.79 Å². The molecule has 0 fully saturated rings. The van der Waals surface area contributed by atoms with Gasteiger partial charge in [-0.3, -0.25) is 4.79 Å². The van der Waals surface area contributed by atoms with Crippen LogP contribution < -0.4 is 4.90 Å². The number of fused-ring (bicyclic) bond motifs is 1. The van der Waals surface area contributed by atoms with Crippen molar-refractivity contribution in [3.05, 3.63) is 36.4 Å². The molecular weight excluding hydrogens is 206 g/mol. The first-order chi connectivity index (χ1) is 7.74. The Labute approximate surface area is 91.0 Å². The van der Waals surface area contributed by atoms with Crippen LogP contribution in [0.4, 0.5) is 5.69 Å². The molecule has 1 aromatic carbocycles. The number of aromatic nitrogens is 2. The smallest absolute Gasteiger partial charge is 0.254 e. The average Bonchev–Trinajstić information content (AvgIpc) is 2.83. The summed E-state index contributed by atoms with van der Waals surface area (Å²) in [6.07, 6.45) is 2.84. The molecule has 2 heterocycles. The summed E-state index contributed by atoms with van der Waals surface area (Å²) in [5.74, 6) is -0.105. The molecule has 1 aromatic heterocycles. The standard InChI is InChI=1S/C11H9N3O2/c15-8-4-11(16)14(5-8)7-1-2-9-10(3-7)13-6-12-9/h1-4,6,15H,5H2,(H,12,13). The summed E-state index contributed by atoms with van der Waals surface area (Å²) < 4.78 is 0. The zero-order valence-corrected chi connectivity index (χ0v) is 8.34. The van der Waals surface area contributed by atoms with Crippen molar-refractivity contribution >= 4 is 22.6 Å². The topological polar surface area (TPSA) is 69.2 Å². The predicted octanol–water partition coefficient (Wildman–Crippen LogP) is 1.35. The molecule has 5 heteroatoms. The van der Waals surface area contributed by atoms with Crippen LogP contribution in [0.25, 0.3) is 11.0 Å². The fraction of sp³-hybridized carbons (Fsp3) is 0.0909. The van der Waals surface area contributed by atoms with Gasteiger partial charge in [-0.2, -0.15) is 0 Å². The first-order valence-corrected chi connectivity index (χ1v) is 4.88. The quantitative estimate of drug-likeness (QED) is 0.754. The van der Waals surface area contributed by atoms with E-state index in [-0.39, 0.29) is 18.2 Å². The highest BCUT2D eigenvalue weighted by atomic mass is 16.3. The van der Waals surface area contributed by atoms with E-state index in [9.17, 15) is 9.90 Å². The molecule has 1 aliphatic heterocycles.